The van der Waals surface area contributed by atoms with Crippen LogP contribution in [0.3, 0.4) is 0 Å². The number of hydrogen-bond acceptors (Lipinski definition) is 5. The van der Waals surface area contributed by atoms with E-state index in [4.69, 9.17) is 16.3 Å². The number of ketones is 1. The van der Waals surface area contributed by atoms with Gasteiger partial charge in [0.25, 0.3) is 5.72 Å². The van der Waals surface area contributed by atoms with Crippen molar-refractivity contribution in [3.63, 3.8) is 0 Å². The van der Waals surface area contributed by atoms with E-state index in [0.717, 1.165) is 0 Å². The molecule has 0 fully saturated rings. The van der Waals surface area contributed by atoms with Gasteiger partial charge < -0.3 is 9.84 Å². The summed E-state index contributed by atoms with van der Waals surface area (Å²) < 4.78 is 7.26. The molecule has 0 aliphatic carbocycles. The number of aromatic nitrogens is 3. The van der Waals surface area contributed by atoms with Crippen molar-refractivity contribution >= 4 is 17.4 Å². The van der Waals surface area contributed by atoms with E-state index in [1.165, 1.54) is 17.1 Å². The standard InChI is InChI=1S/C15H18ClN3O3/c1-14(2,3)13(21)15(9-20,19-8-12(16)18-10-19)22-11-4-6-17-7-5-11/h4-8,10,20H,9H2,1-3H3/t15-/m1/s1. The first-order valence-corrected chi connectivity index (χ1v) is 7.12. The molecule has 2 aromatic heterocycles. The van der Waals surface area contributed by atoms with Gasteiger partial charge in [-0.1, -0.05) is 32.4 Å². The van der Waals surface area contributed by atoms with E-state index in [9.17, 15) is 9.90 Å². The topological polar surface area (TPSA) is 77.2 Å². The molecule has 0 amide bonds. The van der Waals surface area contributed by atoms with Crippen molar-refractivity contribution in [2.75, 3.05) is 6.61 Å². The average Bonchev–Trinajstić information content (AvgIpc) is 2.91. The molecule has 0 aliphatic heterocycles. The van der Waals surface area contributed by atoms with Gasteiger partial charge in [-0.25, -0.2) is 4.98 Å². The van der Waals surface area contributed by atoms with Crippen molar-refractivity contribution in [2.24, 2.45) is 5.41 Å². The smallest absolute Gasteiger partial charge is 0.270 e. The molecular formula is C15H18ClN3O3. The number of imidazole rings is 1. The Kier molecular flexibility index (Phi) is 4.53. The minimum absolute atomic E-state index is 0.206. The minimum Gasteiger partial charge on any atom is -0.457 e. The van der Waals surface area contributed by atoms with Gasteiger partial charge in [-0.05, 0) is 12.1 Å². The lowest BCUT2D eigenvalue weighted by atomic mass is 9.84. The van der Waals surface area contributed by atoms with Crippen LogP contribution in [0.1, 0.15) is 20.8 Å². The van der Waals surface area contributed by atoms with Gasteiger partial charge in [0.15, 0.2) is 0 Å². The Labute approximate surface area is 133 Å². The second kappa shape index (κ2) is 6.06. The van der Waals surface area contributed by atoms with Crippen molar-refractivity contribution in [3.8, 4) is 5.75 Å². The van der Waals surface area contributed by atoms with Crippen LogP contribution in [-0.2, 0) is 10.5 Å². The fraction of sp³-hybridized carbons (Fsp3) is 0.400. The Morgan fingerprint density at radius 3 is 2.45 bits per heavy atom. The number of carbonyl (C=O) groups is 1. The van der Waals surface area contributed by atoms with Gasteiger partial charge in [-0.2, -0.15) is 0 Å². The highest BCUT2D eigenvalue weighted by atomic mass is 35.5. The first kappa shape index (κ1) is 16.5. The summed E-state index contributed by atoms with van der Waals surface area (Å²) in [5, 5.41) is 10.2. The molecule has 1 N–H and O–H groups in total. The van der Waals surface area contributed by atoms with Crippen LogP contribution in [0.4, 0.5) is 0 Å². The quantitative estimate of drug-likeness (QED) is 0.913. The van der Waals surface area contributed by atoms with E-state index in [1.807, 2.05) is 0 Å². The van der Waals surface area contributed by atoms with Gasteiger partial charge in [0.1, 0.15) is 23.8 Å². The lowest BCUT2D eigenvalue weighted by Crippen LogP contribution is -2.54. The molecule has 118 valence electrons. The zero-order valence-corrected chi connectivity index (χ0v) is 13.4. The molecule has 0 saturated carbocycles. The molecule has 0 radical (unpaired) electrons. The van der Waals surface area contributed by atoms with Crippen molar-refractivity contribution in [1.29, 1.82) is 0 Å². The number of nitrogens with zero attached hydrogens (tertiary/aromatic N) is 3. The molecule has 22 heavy (non-hydrogen) atoms. The Balaban J connectivity index is 2.54. The largest absolute Gasteiger partial charge is 0.457 e. The highest BCUT2D eigenvalue weighted by Gasteiger charge is 2.47. The van der Waals surface area contributed by atoms with E-state index in [-0.39, 0.29) is 10.9 Å². The van der Waals surface area contributed by atoms with Crippen LogP contribution in [0, 0.1) is 5.41 Å². The highest BCUT2D eigenvalue weighted by Crippen LogP contribution is 2.32. The molecule has 2 heterocycles. The predicted molar refractivity (Wildman–Crippen MR) is 81.6 cm³/mol. The Bertz CT molecular complexity index is 652. The second-order valence-corrected chi connectivity index (χ2v) is 6.30. The molecule has 2 rings (SSSR count). The summed E-state index contributed by atoms with van der Waals surface area (Å²) in [6.45, 7) is 4.72. The average molecular weight is 324 g/mol. The lowest BCUT2D eigenvalue weighted by molar-refractivity contribution is -0.158. The van der Waals surface area contributed by atoms with E-state index in [2.05, 4.69) is 9.97 Å². The fourth-order valence-corrected chi connectivity index (χ4v) is 2.23. The number of aliphatic hydroxyl groups excluding tert-OH is 1. The maximum Gasteiger partial charge on any atom is 0.270 e. The van der Waals surface area contributed by atoms with Crippen LogP contribution >= 0.6 is 11.6 Å². The molecule has 0 saturated heterocycles. The zero-order chi connectivity index (χ0) is 16.4. The molecule has 0 unspecified atom stereocenters. The number of hydrogen-bond donors (Lipinski definition) is 1. The molecule has 6 nitrogen and oxygen atoms in total. The summed E-state index contributed by atoms with van der Waals surface area (Å²) in [5.41, 5.74) is -2.38. The third kappa shape index (κ3) is 3.13. The van der Waals surface area contributed by atoms with Crippen molar-refractivity contribution in [2.45, 2.75) is 26.5 Å². The monoisotopic (exact) mass is 323 g/mol. The number of ether oxygens (including phenoxy) is 1. The normalized spacial score (nSPS) is 14.4. The highest BCUT2D eigenvalue weighted by molar-refractivity contribution is 6.29. The summed E-state index contributed by atoms with van der Waals surface area (Å²) >= 11 is 5.85. The number of carbonyl (C=O) groups excluding carboxylic acids is 1. The fourth-order valence-electron chi connectivity index (χ4n) is 2.09. The second-order valence-electron chi connectivity index (χ2n) is 5.91. The maximum absolute atomic E-state index is 12.9. The van der Waals surface area contributed by atoms with Crippen LogP contribution < -0.4 is 4.74 Å². The summed E-state index contributed by atoms with van der Waals surface area (Å²) in [4.78, 5) is 20.8. The van der Waals surface area contributed by atoms with E-state index >= 15 is 0 Å². The van der Waals surface area contributed by atoms with Gasteiger partial charge in [0, 0.05) is 24.0 Å². The van der Waals surface area contributed by atoms with Crippen LogP contribution in [0.2, 0.25) is 5.15 Å². The third-order valence-electron chi connectivity index (χ3n) is 3.15. The van der Waals surface area contributed by atoms with Gasteiger partial charge in [-0.15, -0.1) is 0 Å². The summed E-state index contributed by atoms with van der Waals surface area (Å²) in [6, 6.07) is 3.22. The lowest BCUT2D eigenvalue weighted by Gasteiger charge is -2.36. The molecule has 0 aliphatic rings. The van der Waals surface area contributed by atoms with E-state index in [0.29, 0.717) is 5.75 Å². The summed E-state index contributed by atoms with van der Waals surface area (Å²) in [6.07, 6.45) is 5.89. The number of rotatable bonds is 5. The van der Waals surface area contributed by atoms with Crippen LogP contribution in [0.25, 0.3) is 0 Å². The van der Waals surface area contributed by atoms with Gasteiger partial charge in [-0.3, -0.25) is 14.3 Å². The molecule has 0 bridgehead atoms. The molecule has 1 atom stereocenters. The minimum atomic E-state index is -1.64. The first-order chi connectivity index (χ1) is 10.3. The maximum atomic E-state index is 12.9. The summed E-state index contributed by atoms with van der Waals surface area (Å²) in [5.74, 6) is 0.111. The van der Waals surface area contributed by atoms with E-state index in [1.54, 1.807) is 45.3 Å². The predicted octanol–water partition coefficient (Wildman–Crippen LogP) is 2.27. The Morgan fingerprint density at radius 1 is 1.36 bits per heavy atom. The third-order valence-corrected chi connectivity index (χ3v) is 3.35. The number of Topliss-reactive ketones (excluding diaryl/α,β-unsaturated/α-hetero) is 1. The number of aliphatic hydroxyl groups is 1. The number of pyridine rings is 1. The molecule has 2 aromatic rings. The summed E-state index contributed by atoms with van der Waals surface area (Å²) in [7, 11) is 0. The van der Waals surface area contributed by atoms with Crippen molar-refractivity contribution in [1.82, 2.24) is 14.5 Å². The van der Waals surface area contributed by atoms with Gasteiger partial charge in [0.05, 0.1) is 0 Å². The van der Waals surface area contributed by atoms with Crippen molar-refractivity contribution < 1.29 is 14.6 Å². The Morgan fingerprint density at radius 2 is 2.00 bits per heavy atom. The Hall–Kier alpha value is -1.92. The molecular weight excluding hydrogens is 306 g/mol. The van der Waals surface area contributed by atoms with Crippen LogP contribution in [0.15, 0.2) is 37.1 Å². The molecule has 7 heteroatoms. The first-order valence-electron chi connectivity index (χ1n) is 6.74. The molecule has 0 spiro atoms. The van der Waals surface area contributed by atoms with Crippen LogP contribution in [-0.4, -0.2) is 32.0 Å². The zero-order valence-electron chi connectivity index (χ0n) is 12.7. The van der Waals surface area contributed by atoms with Gasteiger partial charge in [0.2, 0.25) is 5.78 Å². The van der Waals surface area contributed by atoms with Crippen molar-refractivity contribution in [3.05, 3.63) is 42.2 Å². The van der Waals surface area contributed by atoms with Gasteiger partial charge >= 0.3 is 0 Å². The van der Waals surface area contributed by atoms with E-state index < -0.39 is 17.7 Å². The van der Waals surface area contributed by atoms with Crippen LogP contribution in [0.5, 0.6) is 5.75 Å². The number of halogens is 1. The SMILES string of the molecule is CC(C)(C)C(=O)[C@@](CO)(Oc1ccncc1)n1cnc(Cl)c1. The molecule has 0 aromatic carbocycles.